The van der Waals surface area contributed by atoms with Gasteiger partial charge in [0.1, 0.15) is 0 Å². The van der Waals surface area contributed by atoms with Crippen LogP contribution in [0.5, 0.6) is 0 Å². The molecule has 0 aromatic rings. The Morgan fingerprint density at radius 3 is 2.58 bits per heavy atom. The summed E-state index contributed by atoms with van der Waals surface area (Å²) in [5.74, 6) is 0. The molecule has 0 spiro atoms. The van der Waals surface area contributed by atoms with Crippen molar-refractivity contribution in [3.05, 3.63) is 11.3 Å². The van der Waals surface area contributed by atoms with Crippen LogP contribution in [-0.4, -0.2) is 21.8 Å². The van der Waals surface area contributed by atoms with Gasteiger partial charge in [-0.1, -0.05) is 11.3 Å². The summed E-state index contributed by atoms with van der Waals surface area (Å²) < 4.78 is 19.4. The second-order valence-corrected chi connectivity index (χ2v) is 5.15. The second-order valence-electron chi connectivity index (χ2n) is 2.29. The lowest BCUT2D eigenvalue weighted by molar-refractivity contribution is -0.193. The molecule has 0 saturated heterocycles. The summed E-state index contributed by atoms with van der Waals surface area (Å²) in [7, 11) is -3.95. The van der Waals surface area contributed by atoms with E-state index in [4.69, 9.17) is 4.89 Å². The third-order valence-electron chi connectivity index (χ3n) is 0.898. The molecule has 0 radical (unpaired) electrons. The first-order valence-corrected chi connectivity index (χ1v) is 6.20. The van der Waals surface area contributed by atoms with Crippen LogP contribution < -0.4 is 0 Å². The van der Waals surface area contributed by atoms with Gasteiger partial charge in [0.2, 0.25) is 0 Å². The first-order chi connectivity index (χ1) is 5.48. The summed E-state index contributed by atoms with van der Waals surface area (Å²) in [4.78, 5) is 12.8. The summed E-state index contributed by atoms with van der Waals surface area (Å²) in [6.45, 7) is 3.77. The summed E-state index contributed by atoms with van der Waals surface area (Å²) in [5.41, 5.74) is 2.85. The molecule has 1 atom stereocenters. The fourth-order valence-corrected chi connectivity index (χ4v) is 2.16. The van der Waals surface area contributed by atoms with Gasteiger partial charge in [-0.2, -0.15) is 0 Å². The van der Waals surface area contributed by atoms with Crippen LogP contribution in [0.1, 0.15) is 13.8 Å². The Balaban J connectivity index is 3.76. The maximum Gasteiger partial charge on any atom is 0.489 e. The van der Waals surface area contributed by atoms with Gasteiger partial charge in [0.15, 0.2) is 9.76 Å². The van der Waals surface area contributed by atoms with E-state index in [0.29, 0.717) is 0 Å². The molecule has 1 unspecified atom stereocenters. The molecule has 7 heteroatoms. The van der Waals surface area contributed by atoms with Crippen molar-refractivity contribution >= 4 is 17.6 Å². The zero-order valence-electron chi connectivity index (χ0n) is 7.31. The van der Waals surface area contributed by atoms with Crippen molar-refractivity contribution in [3.8, 4) is 0 Å². The molecule has 1 N–H and O–H groups in total. The van der Waals surface area contributed by atoms with Crippen molar-refractivity contribution in [3.63, 3.8) is 0 Å². The minimum absolute atomic E-state index is 1.05. The number of hydrogen-bond donors (Lipinski definition) is 1. The van der Waals surface area contributed by atoms with Gasteiger partial charge >= 0.3 is 7.82 Å². The van der Waals surface area contributed by atoms with Crippen molar-refractivity contribution in [1.82, 2.24) is 0 Å². The number of allylic oxidation sites excluding steroid dienone is 1. The van der Waals surface area contributed by atoms with E-state index in [0.717, 1.165) is 12.7 Å². The molecule has 72 valence electrons. The number of rotatable bonds is 5. The molecule has 12 heavy (non-hydrogen) atoms. The Bertz CT molecular complexity index is 200. The Morgan fingerprint density at radius 2 is 2.17 bits per heavy atom. The Labute approximate surface area is 73.8 Å². The molecule has 0 aromatic heterocycles. The molecule has 0 rings (SSSR count). The highest BCUT2D eigenvalue weighted by Crippen LogP contribution is 2.42. The normalized spacial score (nSPS) is 16.3. The van der Waals surface area contributed by atoms with E-state index in [1.54, 1.807) is 5.70 Å². The van der Waals surface area contributed by atoms with E-state index in [1.807, 2.05) is 13.8 Å². The first-order valence-electron chi connectivity index (χ1n) is 3.31. The van der Waals surface area contributed by atoms with Crippen LogP contribution in [0.3, 0.4) is 0 Å². The highest BCUT2D eigenvalue weighted by Gasteiger charge is 2.20. The predicted molar refractivity (Wildman–Crippen MR) is 47.0 cm³/mol. The fourth-order valence-electron chi connectivity index (χ4n) is 0.414. The van der Waals surface area contributed by atoms with Crippen molar-refractivity contribution in [2.45, 2.75) is 13.8 Å². The zero-order chi connectivity index (χ0) is 9.61. The van der Waals surface area contributed by atoms with Crippen molar-refractivity contribution < 1.29 is 23.2 Å². The molecular formula is C5H13O5PSi. The van der Waals surface area contributed by atoms with Crippen molar-refractivity contribution in [1.29, 1.82) is 0 Å². The molecule has 0 aliphatic heterocycles. The minimum atomic E-state index is -3.95. The highest BCUT2D eigenvalue weighted by atomic mass is 31.2. The van der Waals surface area contributed by atoms with E-state index in [1.165, 1.54) is 0 Å². The van der Waals surface area contributed by atoms with Gasteiger partial charge in [-0.15, -0.1) is 4.67 Å². The van der Waals surface area contributed by atoms with Gasteiger partial charge in [-0.3, -0.25) is 0 Å². The summed E-state index contributed by atoms with van der Waals surface area (Å²) in [5, 5.41) is 0. The zero-order valence-corrected chi connectivity index (χ0v) is 9.62. The minimum Gasteiger partial charge on any atom is -0.331 e. The molecule has 0 fully saturated rings. The number of hydrogen-bond acceptors (Lipinski definition) is 4. The Hall–Kier alpha value is 0.0269. The fraction of sp³-hybridized carbons (Fsp3) is 0.600. The average molecular weight is 212 g/mol. The van der Waals surface area contributed by atoms with Crippen molar-refractivity contribution in [2.75, 3.05) is 7.11 Å². The third-order valence-corrected chi connectivity index (χ3v) is 4.12. The van der Waals surface area contributed by atoms with Crippen LogP contribution in [0.15, 0.2) is 11.3 Å². The SMILES string of the molecule is COOP(=O)(O)O[SiH2]C=C(C)C. The molecule has 0 aliphatic carbocycles. The molecule has 0 aliphatic rings. The van der Waals surface area contributed by atoms with Gasteiger partial charge < -0.3 is 9.11 Å². The van der Waals surface area contributed by atoms with Crippen LogP contribution >= 0.6 is 7.82 Å². The number of phosphoric acid groups is 1. The Morgan fingerprint density at radius 1 is 1.58 bits per heavy atom. The lowest BCUT2D eigenvalue weighted by atomic mass is 10.4. The van der Waals surface area contributed by atoms with E-state index >= 15 is 0 Å². The van der Waals surface area contributed by atoms with Crippen LogP contribution in [-0.2, 0) is 18.3 Å². The van der Waals surface area contributed by atoms with E-state index < -0.39 is 17.6 Å². The second kappa shape index (κ2) is 5.63. The maximum atomic E-state index is 10.8. The van der Waals surface area contributed by atoms with Crippen LogP contribution in [0, 0.1) is 0 Å². The van der Waals surface area contributed by atoms with Gasteiger partial charge in [0, 0.05) is 0 Å². The van der Waals surface area contributed by atoms with Crippen LogP contribution in [0.4, 0.5) is 0 Å². The standard InChI is InChI=1S/C5H13O5PSi/c1-5(2)4-12-10-11(6,7)9-8-3/h4H,12H2,1-3H3,(H,6,7). The Kier molecular flexibility index (Phi) is 5.65. The van der Waals surface area contributed by atoms with E-state index in [2.05, 4.69) is 13.8 Å². The molecule has 0 bridgehead atoms. The van der Waals surface area contributed by atoms with Crippen molar-refractivity contribution in [2.24, 2.45) is 0 Å². The molecule has 5 nitrogen and oxygen atoms in total. The molecule has 0 saturated carbocycles. The lowest BCUT2D eigenvalue weighted by Crippen LogP contribution is -1.97. The molecular weight excluding hydrogens is 199 g/mol. The van der Waals surface area contributed by atoms with Crippen LogP contribution in [0.25, 0.3) is 0 Å². The summed E-state index contributed by atoms with van der Waals surface area (Å²) >= 11 is 0. The highest BCUT2D eigenvalue weighted by molar-refractivity contribution is 7.48. The van der Waals surface area contributed by atoms with Crippen LogP contribution in [0.2, 0.25) is 0 Å². The lowest BCUT2D eigenvalue weighted by Gasteiger charge is -2.07. The molecule has 0 heterocycles. The maximum absolute atomic E-state index is 10.8. The largest absolute Gasteiger partial charge is 0.489 e. The summed E-state index contributed by atoms with van der Waals surface area (Å²) in [6.07, 6.45) is 0. The third kappa shape index (κ3) is 6.72. The molecule has 0 aromatic carbocycles. The van der Waals surface area contributed by atoms with Gasteiger partial charge in [-0.05, 0) is 13.8 Å². The first kappa shape index (κ1) is 12.0. The quantitative estimate of drug-likeness (QED) is 0.314. The van der Waals surface area contributed by atoms with E-state index in [-0.39, 0.29) is 0 Å². The van der Waals surface area contributed by atoms with Gasteiger partial charge in [-0.25, -0.2) is 9.45 Å². The molecule has 0 amide bonds. The average Bonchev–Trinajstić information content (AvgIpc) is 1.85. The monoisotopic (exact) mass is 212 g/mol. The topological polar surface area (TPSA) is 65.0 Å². The van der Waals surface area contributed by atoms with Gasteiger partial charge in [0.05, 0.1) is 7.11 Å². The van der Waals surface area contributed by atoms with Gasteiger partial charge in [0.25, 0.3) is 0 Å². The smallest absolute Gasteiger partial charge is 0.331 e. The van der Waals surface area contributed by atoms with E-state index in [9.17, 15) is 4.57 Å². The summed E-state index contributed by atoms with van der Waals surface area (Å²) in [6, 6.07) is 0. The predicted octanol–water partition coefficient (Wildman–Crippen LogP) is 0.689.